The smallest absolute Gasteiger partial charge is 0.338 e. The van der Waals surface area contributed by atoms with Crippen LogP contribution >= 0.6 is 0 Å². The van der Waals surface area contributed by atoms with Gasteiger partial charge in [-0.3, -0.25) is 14.4 Å². The summed E-state index contributed by atoms with van der Waals surface area (Å²) in [6.07, 6.45) is -7.05. The minimum Gasteiger partial charge on any atom is -0.465 e. The van der Waals surface area contributed by atoms with E-state index in [1.807, 2.05) is 0 Å². The van der Waals surface area contributed by atoms with Crippen LogP contribution in [-0.2, 0) is 42.8 Å². The molecule has 47 heavy (non-hydrogen) atoms. The lowest BCUT2D eigenvalue weighted by molar-refractivity contribution is -0.327. The van der Waals surface area contributed by atoms with Crippen molar-refractivity contribution in [3.63, 3.8) is 0 Å². The van der Waals surface area contributed by atoms with Gasteiger partial charge in [-0.2, -0.15) is 0 Å². The number of hydrogen-bond donors (Lipinski definition) is 1. The lowest BCUT2D eigenvalue weighted by Gasteiger charge is -2.64. The molecule has 0 amide bonds. The Bertz CT molecular complexity index is 1520. The highest BCUT2D eigenvalue weighted by molar-refractivity contribution is 5.90. The molecule has 3 aliphatic rings. The minimum absolute atomic E-state index is 0.0509. The number of rotatable bonds is 8. The molecule has 0 unspecified atom stereocenters. The molecule has 0 radical (unpaired) electrons. The van der Waals surface area contributed by atoms with Crippen molar-refractivity contribution in [2.24, 2.45) is 17.3 Å². The second-order valence-corrected chi connectivity index (χ2v) is 13.0. The van der Waals surface area contributed by atoms with E-state index in [9.17, 15) is 29.1 Å². The molecule has 2 saturated carbocycles. The molecular weight excluding hydrogens is 612 g/mol. The molecule has 2 aliphatic carbocycles. The number of aliphatic hydroxyl groups is 1. The van der Waals surface area contributed by atoms with Crippen molar-refractivity contribution < 1.29 is 57.5 Å². The zero-order valence-corrected chi connectivity index (χ0v) is 27.2. The number of esters is 5. The Kier molecular flexibility index (Phi) is 9.22. The SMILES string of the molecule is CC(=O)OC[C@]12[C@H](OC(C)=O)[C@H](OC(=O)c3ccccc3)[C@@H]3[C@@H](O)[C@]1(OC3(C)C)[C@H](C)C[C@H](OC(C)=O)[C@@H]2OC(=O)c1ccccc1. The fourth-order valence-corrected chi connectivity index (χ4v) is 8.09. The molecular formula is C35H40O12. The maximum absolute atomic E-state index is 13.8. The third kappa shape index (κ3) is 5.78. The summed E-state index contributed by atoms with van der Waals surface area (Å²) >= 11 is 0. The highest BCUT2D eigenvalue weighted by Crippen LogP contribution is 2.68. The number of ether oxygens (including phenoxy) is 6. The second-order valence-electron chi connectivity index (χ2n) is 13.0. The van der Waals surface area contributed by atoms with E-state index in [4.69, 9.17) is 28.4 Å². The first kappa shape index (κ1) is 34.1. The molecule has 1 spiro atoms. The monoisotopic (exact) mass is 652 g/mol. The van der Waals surface area contributed by atoms with E-state index >= 15 is 0 Å². The van der Waals surface area contributed by atoms with Gasteiger partial charge in [0.15, 0.2) is 12.2 Å². The third-order valence-corrected chi connectivity index (χ3v) is 9.69. The van der Waals surface area contributed by atoms with E-state index in [-0.39, 0.29) is 17.5 Å². The topological polar surface area (TPSA) is 161 Å². The van der Waals surface area contributed by atoms with Gasteiger partial charge in [0.25, 0.3) is 0 Å². The molecule has 12 nitrogen and oxygen atoms in total. The molecule has 1 N–H and O–H groups in total. The lowest BCUT2D eigenvalue weighted by atomic mass is 9.47. The Labute approximate surface area is 272 Å². The highest BCUT2D eigenvalue weighted by Gasteiger charge is 2.84. The van der Waals surface area contributed by atoms with Gasteiger partial charge in [-0.25, -0.2) is 9.59 Å². The first-order valence-electron chi connectivity index (χ1n) is 15.5. The van der Waals surface area contributed by atoms with E-state index in [1.54, 1.807) is 69.3 Å². The highest BCUT2D eigenvalue weighted by atomic mass is 16.6. The van der Waals surface area contributed by atoms with Gasteiger partial charge in [-0.05, 0) is 50.5 Å². The van der Waals surface area contributed by atoms with E-state index in [2.05, 4.69) is 0 Å². The number of hydrogen-bond acceptors (Lipinski definition) is 12. The van der Waals surface area contributed by atoms with E-state index in [1.165, 1.54) is 26.0 Å². The summed E-state index contributed by atoms with van der Waals surface area (Å²) in [7, 11) is 0. The molecule has 12 heteroatoms. The van der Waals surface area contributed by atoms with Gasteiger partial charge >= 0.3 is 29.8 Å². The molecule has 1 aliphatic heterocycles. The summed E-state index contributed by atoms with van der Waals surface area (Å²) in [4.78, 5) is 65.5. The normalized spacial score (nSPS) is 33.5. The van der Waals surface area contributed by atoms with Crippen LogP contribution in [0.25, 0.3) is 0 Å². The van der Waals surface area contributed by atoms with Crippen LogP contribution in [0.2, 0.25) is 0 Å². The van der Waals surface area contributed by atoms with Crippen LogP contribution in [0.5, 0.6) is 0 Å². The van der Waals surface area contributed by atoms with Gasteiger partial charge in [-0.15, -0.1) is 0 Å². The maximum atomic E-state index is 13.8. The van der Waals surface area contributed by atoms with Crippen LogP contribution < -0.4 is 0 Å². The van der Waals surface area contributed by atoms with Gasteiger partial charge < -0.3 is 33.5 Å². The van der Waals surface area contributed by atoms with Crippen molar-refractivity contribution in [3.8, 4) is 0 Å². The average Bonchev–Trinajstić information content (AvgIpc) is 3.19. The molecule has 252 valence electrons. The standard InChI is InChI=1S/C35H40O12/c1-19-17-25(43-21(3)37)29(46-32(41)24-15-11-8-12-16-24)34(18-42-20(2)36)30(44-22(4)38)27(45-31(40)23-13-9-7-10-14-23)26-28(39)35(19,34)47-33(26,5)6/h7-16,19,25-30,39H,17-18H2,1-6H3/t19-,25+,26-,27-,28-,29+,30-,34+,35-/m1/s1. The van der Waals surface area contributed by atoms with Gasteiger partial charge in [-0.1, -0.05) is 43.3 Å². The molecule has 1 saturated heterocycles. The largest absolute Gasteiger partial charge is 0.465 e. The van der Waals surface area contributed by atoms with Crippen LogP contribution in [0.1, 0.15) is 68.7 Å². The summed E-state index contributed by atoms with van der Waals surface area (Å²) in [5.74, 6) is -5.47. The zero-order valence-electron chi connectivity index (χ0n) is 27.2. The summed E-state index contributed by atoms with van der Waals surface area (Å²) in [5.41, 5.74) is -4.59. The number of aliphatic hydroxyl groups excluding tert-OH is 1. The quantitative estimate of drug-likeness (QED) is 0.327. The van der Waals surface area contributed by atoms with Gasteiger partial charge in [0.05, 0.1) is 28.7 Å². The van der Waals surface area contributed by atoms with E-state index in [0.717, 1.165) is 6.92 Å². The minimum atomic E-state index is -1.97. The Hall–Kier alpha value is -4.29. The van der Waals surface area contributed by atoms with Crippen molar-refractivity contribution in [1.82, 2.24) is 0 Å². The van der Waals surface area contributed by atoms with Gasteiger partial charge in [0.2, 0.25) is 0 Å². The van der Waals surface area contributed by atoms with Crippen LogP contribution in [0, 0.1) is 17.3 Å². The molecule has 0 aromatic heterocycles. The first-order chi connectivity index (χ1) is 22.2. The van der Waals surface area contributed by atoms with Crippen molar-refractivity contribution in [1.29, 1.82) is 0 Å². The van der Waals surface area contributed by atoms with Crippen molar-refractivity contribution in [3.05, 3.63) is 71.8 Å². The molecule has 1 heterocycles. The molecule has 5 rings (SSSR count). The summed E-state index contributed by atoms with van der Waals surface area (Å²) < 4.78 is 36.8. The van der Waals surface area contributed by atoms with Crippen LogP contribution in [0.3, 0.4) is 0 Å². The van der Waals surface area contributed by atoms with Crippen molar-refractivity contribution in [2.75, 3.05) is 6.61 Å². The van der Waals surface area contributed by atoms with E-state index in [0.29, 0.717) is 0 Å². The second kappa shape index (κ2) is 12.7. The first-order valence-corrected chi connectivity index (χ1v) is 15.5. The summed E-state index contributed by atoms with van der Waals surface area (Å²) in [6.45, 7) is 8.06. The number of carbonyl (C=O) groups is 5. The molecule has 3 fully saturated rings. The Morgan fingerprint density at radius 1 is 0.766 bits per heavy atom. The fraction of sp³-hybridized carbons (Fsp3) is 0.514. The average molecular weight is 653 g/mol. The van der Waals surface area contributed by atoms with Crippen LogP contribution in [-0.4, -0.2) is 83.3 Å². The fourth-order valence-electron chi connectivity index (χ4n) is 8.09. The van der Waals surface area contributed by atoms with Gasteiger partial charge in [0.1, 0.15) is 29.8 Å². The number of benzene rings is 2. The van der Waals surface area contributed by atoms with Crippen molar-refractivity contribution in [2.45, 2.75) is 89.7 Å². The molecule has 9 atom stereocenters. The molecule has 2 bridgehead atoms. The molecule has 2 aromatic carbocycles. The Morgan fingerprint density at radius 3 is 1.81 bits per heavy atom. The Balaban J connectivity index is 1.79. The summed E-state index contributed by atoms with van der Waals surface area (Å²) in [5, 5.41) is 12.4. The van der Waals surface area contributed by atoms with Gasteiger partial charge in [0, 0.05) is 20.8 Å². The lowest BCUT2D eigenvalue weighted by Crippen LogP contribution is -2.81. The zero-order chi connectivity index (χ0) is 34.3. The third-order valence-electron chi connectivity index (χ3n) is 9.69. The van der Waals surface area contributed by atoms with Crippen LogP contribution in [0.4, 0.5) is 0 Å². The predicted molar refractivity (Wildman–Crippen MR) is 163 cm³/mol. The Morgan fingerprint density at radius 2 is 1.30 bits per heavy atom. The summed E-state index contributed by atoms with van der Waals surface area (Å²) in [6, 6.07) is 16.2. The number of fused-ring (bicyclic) bond motifs is 1. The molecule has 2 aromatic rings. The predicted octanol–water partition coefficient (Wildman–Crippen LogP) is 3.43. The van der Waals surface area contributed by atoms with E-state index < -0.39 is 95.4 Å². The maximum Gasteiger partial charge on any atom is 0.338 e. The van der Waals surface area contributed by atoms with Crippen LogP contribution in [0.15, 0.2) is 60.7 Å². The number of carbonyl (C=O) groups excluding carboxylic acids is 5. The van der Waals surface area contributed by atoms with Crippen molar-refractivity contribution >= 4 is 29.8 Å².